The van der Waals surface area contributed by atoms with E-state index in [0.717, 1.165) is 83.8 Å². The van der Waals surface area contributed by atoms with E-state index in [4.69, 9.17) is 66.3 Å². The van der Waals surface area contributed by atoms with Gasteiger partial charge in [0.2, 0.25) is 11.6 Å². The zero-order chi connectivity index (χ0) is 89.0. The largest absolute Gasteiger partial charge is 0.496 e. The molecule has 10 aromatic heterocycles. The average Bonchev–Trinajstić information content (AvgIpc) is 1.64. The second-order valence-corrected chi connectivity index (χ2v) is 27.9. The fraction of sp³-hybridized carbons (Fsp3) is 0.438. The molecule has 11 rings (SSSR count). The van der Waals surface area contributed by atoms with Gasteiger partial charge in [0, 0.05) is 42.3 Å². The van der Waals surface area contributed by atoms with Crippen LogP contribution >= 0.6 is 69.6 Å². The number of nitrogens with zero attached hydrogens (tertiary/aromatic N) is 17. The van der Waals surface area contributed by atoms with Gasteiger partial charge < -0.3 is 38.4 Å². The van der Waals surface area contributed by atoms with Crippen molar-refractivity contribution in [3.05, 3.63) is 131 Å². The summed E-state index contributed by atoms with van der Waals surface area (Å²) >= 11 is 28.7. The maximum Gasteiger partial charge on any atom is 0.496 e. The second kappa shape index (κ2) is 39.9. The number of rotatable bonds is 16. The minimum Gasteiger partial charge on any atom is -0.460 e. The number of carbonyl (C=O) groups excluding carboxylic acids is 2. The number of halogens is 28. The number of alkyl halides is 23. The average molecular weight is 1890 g/mol. The van der Waals surface area contributed by atoms with Crippen molar-refractivity contribution in [1.82, 2.24) is 84.6 Å². The van der Waals surface area contributed by atoms with Crippen molar-refractivity contribution >= 4 is 117 Å². The van der Waals surface area contributed by atoms with Crippen molar-refractivity contribution in [2.45, 2.75) is 173 Å². The Labute approximate surface area is 699 Å². The van der Waals surface area contributed by atoms with Gasteiger partial charge >= 0.3 is 65.2 Å². The van der Waals surface area contributed by atoms with E-state index in [-0.39, 0.29) is 79.8 Å². The van der Waals surface area contributed by atoms with Gasteiger partial charge in [0.05, 0.1) is 22.6 Å². The molecule has 28 nitrogen and oxygen atoms in total. The van der Waals surface area contributed by atoms with Crippen molar-refractivity contribution in [2.24, 2.45) is 5.84 Å². The normalized spacial score (nSPS) is 13.7. The van der Waals surface area contributed by atoms with Crippen LogP contribution < -0.4 is 30.9 Å². The van der Waals surface area contributed by atoms with Gasteiger partial charge in [-0.3, -0.25) is 0 Å². The molecule has 121 heavy (non-hydrogen) atoms. The van der Waals surface area contributed by atoms with Gasteiger partial charge in [-0.1, -0.05) is 52.9 Å². The van der Waals surface area contributed by atoms with E-state index >= 15 is 0 Å². The van der Waals surface area contributed by atoms with Crippen molar-refractivity contribution < 1.29 is 139 Å². The molecule has 0 bridgehead atoms. The molecule has 1 fully saturated rings. The van der Waals surface area contributed by atoms with E-state index in [1.807, 2.05) is 27.7 Å². The molecule has 1 saturated heterocycles. The zero-order valence-corrected chi connectivity index (χ0v) is 64.6. The number of nitrogens with two attached hydrogens (primary N) is 1. The van der Waals surface area contributed by atoms with E-state index in [1.54, 1.807) is 12.1 Å². The number of hydrogen-bond donors (Lipinski definition) is 2. The van der Waals surface area contributed by atoms with Crippen LogP contribution in [0.5, 0.6) is 17.6 Å². The first-order valence-electron chi connectivity index (χ1n) is 31.0. The summed E-state index contributed by atoms with van der Waals surface area (Å²) in [5.74, 6) is -8.19. The Morgan fingerprint density at radius 2 is 0.785 bits per heavy atom. The molecule has 0 atom stereocenters. The lowest BCUT2D eigenvalue weighted by molar-refractivity contribution is -0.238. The van der Waals surface area contributed by atoms with Gasteiger partial charge in [0.25, 0.3) is 23.5 Å². The summed E-state index contributed by atoms with van der Waals surface area (Å²) in [7, 11) is -0.0903. The lowest BCUT2D eigenvalue weighted by Crippen LogP contribution is -2.45. The number of anilines is 1. The topological polar surface area (TPSA) is 330 Å². The number of hydrazine groups is 1. The Hall–Kier alpha value is -9.38. The van der Waals surface area contributed by atoms with E-state index < -0.39 is 146 Å². The first-order valence-corrected chi connectivity index (χ1v) is 33.3. The van der Waals surface area contributed by atoms with Gasteiger partial charge in [0.1, 0.15) is 5.15 Å². The number of methoxy groups -OCH3 is 1. The Morgan fingerprint density at radius 1 is 0.455 bits per heavy atom. The summed E-state index contributed by atoms with van der Waals surface area (Å²) in [6, 6.07) is 13.9. The number of hydrogen-bond acceptors (Lipinski definition) is 25. The van der Waals surface area contributed by atoms with Crippen molar-refractivity contribution in [3.63, 3.8) is 0 Å². The molecule has 10 aromatic rings. The molecule has 0 amide bonds. The fourth-order valence-electron chi connectivity index (χ4n) is 7.67. The molecule has 670 valence electrons. The van der Waals surface area contributed by atoms with Gasteiger partial charge in [-0.2, -0.15) is 112 Å². The first-order chi connectivity index (χ1) is 53.2. The Bertz CT molecular complexity index is 5120. The number of esters is 2. The third kappa shape index (κ3) is 27.6. The van der Waals surface area contributed by atoms with Crippen LogP contribution in [0.3, 0.4) is 0 Å². The minimum absolute atomic E-state index is 0. The molecule has 3 N–H and O–H groups in total. The standard InChI is InChI=1S/C16H13F6N5O2.C15H20BF4NO3.C15H10ClF6N5O.C6H2Cl2F2N4.C4Cl2F4O3.C4H5ClN4.4CH4/c1-14(2,16(20,21)22)29-12-9(17)6-8(7-23-12)10-4-5-11-24-25-13(27(11)26-10)15(18,19)28-3;1-12(2)13(3,4)24-16(23-12)9-7-10(17)11(21-8-9)22-14(5,6)15(18,19)20;1-13(2,15(20,21)22)28-11-8(17)5-7(6-23-11)9-3-4-10-24-25-12(14(16,18)19)27(10)26-9;7-3-1-2-4-11-12-5(6(8,9)10)14(4)13-3;5-3(7,8)1(11)13-2(12)4(6,9)10;5-3-1-2-4(7-6)9-8-3;;;;/h4-7H,1-3H3;7-8H,1-6H3;3-6H,1-2H3;1-2H;;1-2H,6H2,(H,7,9);4*1H4. The lowest BCUT2D eigenvalue weighted by Gasteiger charge is -2.32. The number of nitrogens with one attached hydrogen (secondary N) is 1. The van der Waals surface area contributed by atoms with Crippen LogP contribution in [0.4, 0.5) is 102 Å². The molecular weight excluding hydrogens is 1820 g/mol. The third-order valence-corrected chi connectivity index (χ3v) is 15.9. The van der Waals surface area contributed by atoms with Crippen LogP contribution in [-0.2, 0) is 45.2 Å². The highest BCUT2D eigenvalue weighted by molar-refractivity contribution is 6.62. The van der Waals surface area contributed by atoms with E-state index in [0.29, 0.717) is 20.0 Å². The van der Waals surface area contributed by atoms with Crippen LogP contribution in [0, 0.1) is 17.5 Å². The van der Waals surface area contributed by atoms with Crippen LogP contribution in [0.15, 0.2) is 85.3 Å². The Balaban J connectivity index is 0.000000508. The molecule has 1 aliphatic heterocycles. The number of carbonyl (C=O) groups is 2. The van der Waals surface area contributed by atoms with Crippen LogP contribution in [0.1, 0.15) is 116 Å². The summed E-state index contributed by atoms with van der Waals surface area (Å²) in [6.45, 7) is 11.8. The minimum atomic E-state index is -4.76. The fourth-order valence-corrected chi connectivity index (χ4v) is 8.23. The SMILES string of the molecule is C.C.C.C.CC(C)(Oc1ncc(-c2ccc3nnc(C(F)(F)Cl)n3n2)cc1F)C(F)(F)F.CC(C)(Oc1ncc(B2OC(C)(C)C(C)(C)O2)cc1F)C(F)(F)F.COC(F)(F)c1nnc2ccc(-c3cnc(OC(C)(C)C(F)(F)F)c(F)c3)nn12.FC(F)(Cl)c1nnc2ccc(Cl)nn12.NNc1ccc(Cl)nn1.O=C(OC(=O)C(F)(F)Cl)C(F)(F)Cl. The predicted molar refractivity (Wildman–Crippen MR) is 391 cm³/mol. The molecule has 0 aliphatic carbocycles. The maximum atomic E-state index is 14.3. The molecule has 0 saturated carbocycles. The summed E-state index contributed by atoms with van der Waals surface area (Å²) in [5, 5.41) is 22.6. The molecule has 0 aromatic carbocycles. The van der Waals surface area contributed by atoms with E-state index in [2.05, 4.69) is 119 Å². The summed E-state index contributed by atoms with van der Waals surface area (Å²) in [6.07, 6.45) is -14.8. The van der Waals surface area contributed by atoms with Crippen molar-refractivity contribution in [2.75, 3.05) is 12.5 Å². The quantitative estimate of drug-likeness (QED) is 0.0173. The molecule has 1 aliphatic rings. The first kappa shape index (κ1) is 108. The number of ether oxygens (including phenoxy) is 5. The predicted octanol–water partition coefficient (Wildman–Crippen LogP) is 18.1. The second-order valence-electron chi connectivity index (χ2n) is 25.2. The van der Waals surface area contributed by atoms with E-state index in [1.165, 1.54) is 42.6 Å². The van der Waals surface area contributed by atoms with Gasteiger partial charge in [-0.15, -0.1) is 40.8 Å². The summed E-state index contributed by atoms with van der Waals surface area (Å²) < 4.78 is 320. The molecule has 57 heteroatoms. The van der Waals surface area contributed by atoms with Crippen LogP contribution in [-0.4, -0.2) is 168 Å². The van der Waals surface area contributed by atoms with Crippen molar-refractivity contribution in [3.8, 4) is 40.2 Å². The van der Waals surface area contributed by atoms with E-state index in [9.17, 15) is 106 Å². The summed E-state index contributed by atoms with van der Waals surface area (Å²) in [5.41, 5.74) is -6.53. The number of aromatic nitrogens is 17. The number of pyridine rings is 3. The van der Waals surface area contributed by atoms with Gasteiger partial charge in [-0.05, 0) is 182 Å². The van der Waals surface area contributed by atoms with Gasteiger partial charge in [-0.25, -0.2) is 43.6 Å². The number of nitrogen functional groups attached to an aromatic ring is 1. The highest BCUT2D eigenvalue weighted by Gasteiger charge is 2.55. The molecule has 0 unspecified atom stereocenters. The maximum absolute atomic E-state index is 14.3. The number of fused-ring (bicyclic) bond motifs is 3. The van der Waals surface area contributed by atoms with Crippen LogP contribution in [0.2, 0.25) is 10.3 Å². The summed E-state index contributed by atoms with van der Waals surface area (Å²) in [4.78, 5) is 30.8. The highest BCUT2D eigenvalue weighted by Crippen LogP contribution is 2.41. The lowest BCUT2D eigenvalue weighted by atomic mass is 9.80. The Morgan fingerprint density at radius 3 is 1.10 bits per heavy atom. The third-order valence-electron chi connectivity index (χ3n) is 14.9. The van der Waals surface area contributed by atoms with Gasteiger partial charge in [0.15, 0.2) is 62.2 Å². The zero-order valence-electron chi connectivity index (χ0n) is 60.1. The van der Waals surface area contributed by atoms with Crippen LogP contribution in [0.25, 0.3) is 39.5 Å². The molecule has 0 radical (unpaired) electrons. The smallest absolute Gasteiger partial charge is 0.460 e. The Kier molecular flexibility index (Phi) is 35.5. The van der Waals surface area contributed by atoms with Crippen molar-refractivity contribution in [1.29, 1.82) is 0 Å². The molecular formula is C64H66BCl6F22N19O9. The molecule has 0 spiro atoms. The highest BCUT2D eigenvalue weighted by atomic mass is 35.5. The monoisotopic (exact) mass is 1880 g/mol. The molecule has 11 heterocycles.